The molecule has 0 saturated heterocycles. The Morgan fingerprint density at radius 3 is 2.77 bits per heavy atom. The molecule has 1 aromatic carbocycles. The van der Waals surface area contributed by atoms with Gasteiger partial charge in [0, 0.05) is 31.8 Å². The summed E-state index contributed by atoms with van der Waals surface area (Å²) < 4.78 is 12.1. The third-order valence-electron chi connectivity index (χ3n) is 3.57. The minimum Gasteiger partial charge on any atom is -0.492 e. The van der Waals surface area contributed by atoms with E-state index in [1.807, 2.05) is 0 Å². The van der Waals surface area contributed by atoms with E-state index in [4.69, 9.17) is 9.47 Å². The van der Waals surface area contributed by atoms with E-state index in [2.05, 4.69) is 20.8 Å². The van der Waals surface area contributed by atoms with Crippen molar-refractivity contribution in [2.75, 3.05) is 19.7 Å². The average Bonchev–Trinajstić information content (AvgIpc) is 3.10. The third-order valence-corrected chi connectivity index (χ3v) is 3.57. The number of esters is 1. The van der Waals surface area contributed by atoms with Crippen molar-refractivity contribution >= 4 is 11.6 Å². The maximum absolute atomic E-state index is 10.9. The maximum atomic E-state index is 10.9. The summed E-state index contributed by atoms with van der Waals surface area (Å²) in [7, 11) is 0. The molecule has 2 heterocycles. The number of aromatic nitrogens is 4. The lowest BCUT2D eigenvalue weighted by Crippen LogP contribution is -2.26. The molecule has 26 heavy (non-hydrogen) atoms. The first kappa shape index (κ1) is 17.8. The van der Waals surface area contributed by atoms with Crippen LogP contribution in [0.4, 0.5) is 0 Å². The highest BCUT2D eigenvalue weighted by Gasteiger charge is 2.09. The molecule has 136 valence electrons. The Balaban J connectivity index is 1.39. The molecule has 0 amide bonds. The minimum absolute atomic E-state index is 0.361. The molecule has 0 fully saturated rings. The predicted molar refractivity (Wildman–Crippen MR) is 91.9 cm³/mol. The smallest absolute Gasteiger partial charge is 0.308 e. The van der Waals surface area contributed by atoms with Gasteiger partial charge in [-0.15, -0.1) is 5.10 Å². The summed E-state index contributed by atoms with van der Waals surface area (Å²) in [6, 6.07) is 10.3. The number of ether oxygens (including phenoxy) is 2. The molecule has 0 radical (unpaired) electrons. The van der Waals surface area contributed by atoms with E-state index in [0.29, 0.717) is 36.8 Å². The lowest BCUT2D eigenvalue weighted by Gasteiger charge is -2.13. The van der Waals surface area contributed by atoms with Crippen molar-refractivity contribution in [2.45, 2.75) is 13.0 Å². The van der Waals surface area contributed by atoms with Crippen molar-refractivity contribution in [3.8, 4) is 11.5 Å². The van der Waals surface area contributed by atoms with Crippen molar-refractivity contribution < 1.29 is 19.4 Å². The number of rotatable bonds is 8. The van der Waals surface area contributed by atoms with Gasteiger partial charge in [0.15, 0.2) is 5.65 Å². The summed E-state index contributed by atoms with van der Waals surface area (Å²) in [6.45, 7) is 2.73. The Morgan fingerprint density at radius 1 is 1.23 bits per heavy atom. The normalized spacial score (nSPS) is 12.1. The number of pyridine rings is 1. The van der Waals surface area contributed by atoms with Gasteiger partial charge in [0.25, 0.3) is 0 Å². The van der Waals surface area contributed by atoms with E-state index in [0.717, 1.165) is 5.56 Å². The second kappa shape index (κ2) is 8.37. The van der Waals surface area contributed by atoms with Crippen LogP contribution in [0.1, 0.15) is 18.6 Å². The van der Waals surface area contributed by atoms with Crippen LogP contribution in [-0.4, -0.2) is 50.8 Å². The van der Waals surface area contributed by atoms with E-state index in [-0.39, 0.29) is 5.97 Å². The van der Waals surface area contributed by atoms with Gasteiger partial charge in [-0.3, -0.25) is 4.79 Å². The Kier molecular flexibility index (Phi) is 5.72. The molecule has 0 aliphatic carbocycles. The number of hydrogen-bond donors (Lipinski definition) is 2. The van der Waals surface area contributed by atoms with Crippen LogP contribution >= 0.6 is 0 Å². The summed E-state index contributed by atoms with van der Waals surface area (Å²) in [4.78, 5) is 10.9. The molecule has 0 spiro atoms. The van der Waals surface area contributed by atoms with Gasteiger partial charge in [0.05, 0.1) is 6.10 Å². The van der Waals surface area contributed by atoms with Gasteiger partial charge in [-0.1, -0.05) is 6.07 Å². The molecule has 9 nitrogen and oxygen atoms in total. The fourth-order valence-corrected chi connectivity index (χ4v) is 2.32. The number of nitrogens with one attached hydrogen (secondary N) is 1. The molecule has 9 heteroatoms. The number of aliphatic hydroxyl groups excluding tert-OH is 1. The fourth-order valence-electron chi connectivity index (χ4n) is 2.32. The van der Waals surface area contributed by atoms with Crippen LogP contribution in [0, 0.1) is 0 Å². The number of aliphatic hydroxyl groups is 1. The molecule has 2 aromatic heterocycles. The van der Waals surface area contributed by atoms with Crippen molar-refractivity contribution in [2.24, 2.45) is 0 Å². The zero-order chi connectivity index (χ0) is 18.4. The zero-order valence-electron chi connectivity index (χ0n) is 14.2. The highest BCUT2D eigenvalue weighted by atomic mass is 16.5. The zero-order valence-corrected chi connectivity index (χ0v) is 14.2. The van der Waals surface area contributed by atoms with E-state index < -0.39 is 6.10 Å². The van der Waals surface area contributed by atoms with Gasteiger partial charge < -0.3 is 19.9 Å². The van der Waals surface area contributed by atoms with E-state index in [1.54, 1.807) is 42.6 Å². The molecule has 0 aliphatic heterocycles. The number of nitrogens with zero attached hydrogens (tertiary/aromatic N) is 4. The molecule has 1 atom stereocenters. The van der Waals surface area contributed by atoms with Crippen LogP contribution < -0.4 is 14.8 Å². The highest BCUT2D eigenvalue weighted by Crippen LogP contribution is 2.17. The number of tetrazole rings is 1. The molecular formula is C17H19N5O4. The van der Waals surface area contributed by atoms with Crippen LogP contribution in [-0.2, 0) is 4.79 Å². The van der Waals surface area contributed by atoms with Gasteiger partial charge >= 0.3 is 5.97 Å². The van der Waals surface area contributed by atoms with Crippen molar-refractivity contribution in [3.05, 3.63) is 48.2 Å². The van der Waals surface area contributed by atoms with Crippen molar-refractivity contribution in [1.29, 1.82) is 0 Å². The van der Waals surface area contributed by atoms with Crippen LogP contribution in [0.15, 0.2) is 42.6 Å². The Hall–Kier alpha value is -3.04. The van der Waals surface area contributed by atoms with Gasteiger partial charge in [0.2, 0.25) is 0 Å². The van der Waals surface area contributed by atoms with Crippen molar-refractivity contribution in [1.82, 2.24) is 25.4 Å². The van der Waals surface area contributed by atoms with Gasteiger partial charge in [-0.05, 0) is 40.8 Å². The molecular weight excluding hydrogens is 338 g/mol. The quantitative estimate of drug-likeness (QED) is 0.345. The Labute approximate surface area is 149 Å². The maximum Gasteiger partial charge on any atom is 0.308 e. The number of hydrogen-bond acceptors (Lipinski definition) is 8. The lowest BCUT2D eigenvalue weighted by molar-refractivity contribution is -0.131. The largest absolute Gasteiger partial charge is 0.492 e. The van der Waals surface area contributed by atoms with Crippen LogP contribution in [0.5, 0.6) is 11.5 Å². The SMILES string of the molecule is CC(=O)Oc1ccc(OCCNCC(O)c2ccc3nnnn3c2)cc1. The number of carbonyl (C=O) groups excluding carboxylic acids is 1. The first-order valence-electron chi connectivity index (χ1n) is 8.09. The second-order valence-corrected chi connectivity index (χ2v) is 5.58. The second-order valence-electron chi connectivity index (χ2n) is 5.58. The Bertz CT molecular complexity index is 865. The first-order valence-corrected chi connectivity index (χ1v) is 8.09. The van der Waals surface area contributed by atoms with Gasteiger partial charge in [-0.2, -0.15) is 0 Å². The summed E-state index contributed by atoms with van der Waals surface area (Å²) in [5.74, 6) is 0.790. The van der Waals surface area contributed by atoms with E-state index >= 15 is 0 Å². The lowest BCUT2D eigenvalue weighted by atomic mass is 10.1. The van der Waals surface area contributed by atoms with Gasteiger partial charge in [-0.25, -0.2) is 4.52 Å². The molecule has 2 N–H and O–H groups in total. The molecule has 3 aromatic rings. The predicted octanol–water partition coefficient (Wildman–Crippen LogP) is 0.752. The Morgan fingerprint density at radius 2 is 2.00 bits per heavy atom. The summed E-state index contributed by atoms with van der Waals surface area (Å²) >= 11 is 0. The summed E-state index contributed by atoms with van der Waals surface area (Å²) in [6.07, 6.45) is 1.02. The van der Waals surface area contributed by atoms with Crippen LogP contribution in [0.2, 0.25) is 0 Å². The van der Waals surface area contributed by atoms with E-state index in [1.165, 1.54) is 11.4 Å². The topological polar surface area (TPSA) is 111 Å². The molecule has 0 saturated carbocycles. The van der Waals surface area contributed by atoms with E-state index in [9.17, 15) is 9.90 Å². The average molecular weight is 357 g/mol. The molecule has 0 aliphatic rings. The summed E-state index contributed by atoms with van der Waals surface area (Å²) in [5, 5.41) is 24.5. The van der Waals surface area contributed by atoms with Gasteiger partial charge in [0.1, 0.15) is 18.1 Å². The molecule has 1 unspecified atom stereocenters. The standard InChI is InChI=1S/C17H19N5O4/c1-12(23)26-15-5-3-14(4-6-15)25-9-8-18-10-16(24)13-2-7-17-19-20-21-22(17)11-13/h2-7,11,16,18,24H,8-10H2,1H3. The summed E-state index contributed by atoms with van der Waals surface area (Å²) in [5.41, 5.74) is 1.35. The number of carbonyl (C=O) groups is 1. The van der Waals surface area contributed by atoms with Crippen LogP contribution in [0.3, 0.4) is 0 Å². The minimum atomic E-state index is -0.674. The highest BCUT2D eigenvalue weighted by molar-refractivity contribution is 5.69. The number of fused-ring (bicyclic) bond motifs is 1. The van der Waals surface area contributed by atoms with Crippen molar-refractivity contribution in [3.63, 3.8) is 0 Å². The number of benzene rings is 1. The third kappa shape index (κ3) is 4.74. The molecule has 3 rings (SSSR count). The monoisotopic (exact) mass is 357 g/mol. The fraction of sp³-hybridized carbons (Fsp3) is 0.294. The molecule has 0 bridgehead atoms. The first-order chi connectivity index (χ1) is 12.6. The van der Waals surface area contributed by atoms with Crippen LogP contribution in [0.25, 0.3) is 5.65 Å².